The van der Waals surface area contributed by atoms with Crippen molar-refractivity contribution in [2.45, 2.75) is 129 Å². The van der Waals surface area contributed by atoms with E-state index in [-0.39, 0.29) is 0 Å². The summed E-state index contributed by atoms with van der Waals surface area (Å²) in [6.45, 7) is 4.55. The van der Waals surface area contributed by atoms with Crippen molar-refractivity contribution in [1.29, 1.82) is 0 Å². The lowest BCUT2D eigenvalue weighted by molar-refractivity contribution is 0.464. The van der Waals surface area contributed by atoms with Crippen molar-refractivity contribution in [3.05, 3.63) is 29.3 Å². The maximum atomic E-state index is 10.3. The second kappa shape index (κ2) is 17.1. The smallest absolute Gasteiger partial charge is 0.119 e. The van der Waals surface area contributed by atoms with Gasteiger partial charge in [0.15, 0.2) is 0 Å². The lowest BCUT2D eigenvalue weighted by atomic mass is 9.95. The molecule has 0 atom stereocenters. The Hall–Kier alpha value is -0.980. The highest BCUT2D eigenvalue weighted by Crippen LogP contribution is 2.25. The predicted octanol–water partition coefficient (Wildman–Crippen LogP) is 8.76. The van der Waals surface area contributed by atoms with Crippen molar-refractivity contribution in [3.63, 3.8) is 0 Å². The largest absolute Gasteiger partial charge is 0.508 e. The summed E-state index contributed by atoms with van der Waals surface area (Å²) in [5.74, 6) is 0.523. The number of benzene rings is 1. The molecule has 156 valence electrons. The first-order valence-corrected chi connectivity index (χ1v) is 12.1. The highest BCUT2D eigenvalue weighted by atomic mass is 16.3. The molecule has 1 aromatic rings. The number of unbranched alkanes of at least 4 members (excludes halogenated alkanes) is 14. The van der Waals surface area contributed by atoms with Gasteiger partial charge in [0.05, 0.1) is 0 Å². The van der Waals surface area contributed by atoms with Gasteiger partial charge in [0.2, 0.25) is 0 Å². The lowest BCUT2D eigenvalue weighted by Crippen LogP contribution is -1.96. The van der Waals surface area contributed by atoms with Crippen molar-refractivity contribution in [1.82, 2.24) is 0 Å². The number of hydrogen-bond donors (Lipinski definition) is 1. The van der Waals surface area contributed by atoms with Gasteiger partial charge >= 0.3 is 0 Å². The van der Waals surface area contributed by atoms with E-state index in [4.69, 9.17) is 0 Å². The Morgan fingerprint density at radius 3 is 1.52 bits per heavy atom. The third-order valence-corrected chi connectivity index (χ3v) is 5.83. The number of phenols is 1. The molecule has 0 aliphatic heterocycles. The number of aryl methyl sites for hydroxylation is 1. The highest BCUT2D eigenvalue weighted by molar-refractivity contribution is 5.39. The fraction of sp³-hybridized carbons (Fsp3) is 0.769. The third-order valence-electron chi connectivity index (χ3n) is 5.83. The molecule has 0 amide bonds. The van der Waals surface area contributed by atoms with E-state index < -0.39 is 0 Å². The van der Waals surface area contributed by atoms with Crippen LogP contribution < -0.4 is 0 Å². The Morgan fingerprint density at radius 1 is 0.556 bits per heavy atom. The molecule has 1 rings (SSSR count). The average Bonchev–Trinajstić information content (AvgIpc) is 2.67. The molecule has 1 heteroatoms. The highest BCUT2D eigenvalue weighted by Gasteiger charge is 2.07. The molecule has 0 unspecified atom stereocenters. The fourth-order valence-corrected chi connectivity index (χ4v) is 4.03. The van der Waals surface area contributed by atoms with Gasteiger partial charge in [-0.1, -0.05) is 116 Å². The van der Waals surface area contributed by atoms with Crippen LogP contribution in [0.25, 0.3) is 0 Å². The van der Waals surface area contributed by atoms with Crippen LogP contribution >= 0.6 is 0 Å². The van der Waals surface area contributed by atoms with Gasteiger partial charge in [0.25, 0.3) is 0 Å². The summed E-state index contributed by atoms with van der Waals surface area (Å²) < 4.78 is 0. The Kier molecular flexibility index (Phi) is 15.3. The summed E-state index contributed by atoms with van der Waals surface area (Å²) in [6, 6.07) is 6.13. The molecule has 0 aliphatic carbocycles. The van der Waals surface area contributed by atoms with Gasteiger partial charge in [-0.15, -0.1) is 0 Å². The van der Waals surface area contributed by atoms with Crippen LogP contribution in [-0.2, 0) is 12.8 Å². The van der Waals surface area contributed by atoms with E-state index in [1.807, 2.05) is 12.1 Å². The molecule has 1 N–H and O–H groups in total. The molecule has 0 fully saturated rings. The molecule has 1 aromatic carbocycles. The van der Waals surface area contributed by atoms with Gasteiger partial charge in [-0.3, -0.25) is 0 Å². The van der Waals surface area contributed by atoms with Gasteiger partial charge in [0, 0.05) is 0 Å². The second-order valence-corrected chi connectivity index (χ2v) is 8.36. The molecule has 0 heterocycles. The van der Waals surface area contributed by atoms with Crippen LogP contribution in [0.4, 0.5) is 0 Å². The average molecular weight is 375 g/mol. The molecule has 0 radical (unpaired) electrons. The SMILES string of the molecule is CCCCCCCCCCCc1cccc(O)c1CCCCCCCCC. The van der Waals surface area contributed by atoms with Gasteiger partial charge in [-0.2, -0.15) is 0 Å². The normalized spacial score (nSPS) is 11.2. The number of phenolic OH excluding ortho intramolecular Hbond substituents is 1. The third kappa shape index (κ3) is 12.2. The molecule has 0 bridgehead atoms. The van der Waals surface area contributed by atoms with Gasteiger partial charge in [-0.05, 0) is 42.9 Å². The topological polar surface area (TPSA) is 20.2 Å². The summed E-state index contributed by atoms with van der Waals surface area (Å²) in [5, 5.41) is 10.3. The number of hydrogen-bond acceptors (Lipinski definition) is 1. The molecular formula is C26H46O. The van der Waals surface area contributed by atoms with E-state index in [1.165, 1.54) is 114 Å². The predicted molar refractivity (Wildman–Crippen MR) is 121 cm³/mol. The van der Waals surface area contributed by atoms with E-state index in [9.17, 15) is 5.11 Å². The summed E-state index contributed by atoms with van der Waals surface area (Å²) >= 11 is 0. The molecule has 27 heavy (non-hydrogen) atoms. The zero-order chi connectivity index (χ0) is 19.6. The van der Waals surface area contributed by atoms with Crippen LogP contribution in [0.15, 0.2) is 18.2 Å². The maximum Gasteiger partial charge on any atom is 0.119 e. The first kappa shape index (κ1) is 24.1. The lowest BCUT2D eigenvalue weighted by Gasteiger charge is -2.12. The molecule has 0 spiro atoms. The summed E-state index contributed by atoms with van der Waals surface area (Å²) in [4.78, 5) is 0. The van der Waals surface area contributed by atoms with E-state index in [0.29, 0.717) is 5.75 Å². The molecule has 0 saturated heterocycles. The minimum absolute atomic E-state index is 0.523. The van der Waals surface area contributed by atoms with E-state index in [0.717, 1.165) is 12.8 Å². The van der Waals surface area contributed by atoms with E-state index >= 15 is 0 Å². The van der Waals surface area contributed by atoms with Gasteiger partial charge in [0.1, 0.15) is 5.75 Å². The minimum Gasteiger partial charge on any atom is -0.508 e. The molecule has 1 nitrogen and oxygen atoms in total. The van der Waals surface area contributed by atoms with Crippen LogP contribution in [0.2, 0.25) is 0 Å². The Labute approximate surface area is 170 Å². The van der Waals surface area contributed by atoms with Gasteiger partial charge in [-0.25, -0.2) is 0 Å². The van der Waals surface area contributed by atoms with Gasteiger partial charge < -0.3 is 5.11 Å². The molecule has 0 aliphatic rings. The summed E-state index contributed by atoms with van der Waals surface area (Å²) in [6.07, 6.45) is 23.9. The summed E-state index contributed by atoms with van der Waals surface area (Å²) in [7, 11) is 0. The fourth-order valence-electron chi connectivity index (χ4n) is 4.03. The monoisotopic (exact) mass is 374 g/mol. The first-order valence-electron chi connectivity index (χ1n) is 12.1. The zero-order valence-corrected chi connectivity index (χ0v) is 18.4. The van der Waals surface area contributed by atoms with Crippen LogP contribution in [0.1, 0.15) is 128 Å². The quantitative estimate of drug-likeness (QED) is 0.255. The molecular weight excluding hydrogens is 328 g/mol. The zero-order valence-electron chi connectivity index (χ0n) is 18.4. The van der Waals surface area contributed by atoms with Crippen LogP contribution in [0, 0.1) is 0 Å². The summed E-state index contributed by atoms with van der Waals surface area (Å²) in [5.41, 5.74) is 2.62. The van der Waals surface area contributed by atoms with Crippen molar-refractivity contribution in [3.8, 4) is 5.75 Å². The molecule has 0 saturated carbocycles. The van der Waals surface area contributed by atoms with Crippen molar-refractivity contribution < 1.29 is 5.11 Å². The van der Waals surface area contributed by atoms with Crippen LogP contribution in [-0.4, -0.2) is 5.11 Å². The standard InChI is InChI=1S/C26H46O/c1-3-5-7-9-11-12-14-15-17-20-24-21-19-23-26(27)25(24)22-18-16-13-10-8-6-4-2/h19,21,23,27H,3-18,20,22H2,1-2H3. The molecule has 0 aromatic heterocycles. The van der Waals surface area contributed by atoms with Crippen LogP contribution in [0.5, 0.6) is 5.75 Å². The first-order chi connectivity index (χ1) is 13.3. The number of rotatable bonds is 18. The van der Waals surface area contributed by atoms with E-state index in [2.05, 4.69) is 19.9 Å². The maximum absolute atomic E-state index is 10.3. The van der Waals surface area contributed by atoms with Crippen molar-refractivity contribution >= 4 is 0 Å². The van der Waals surface area contributed by atoms with Crippen molar-refractivity contribution in [2.75, 3.05) is 0 Å². The Balaban J connectivity index is 2.20. The Morgan fingerprint density at radius 2 is 1.00 bits per heavy atom. The van der Waals surface area contributed by atoms with Crippen molar-refractivity contribution in [2.24, 2.45) is 0 Å². The Bertz CT molecular complexity index is 452. The minimum atomic E-state index is 0.523. The van der Waals surface area contributed by atoms with Crippen LogP contribution in [0.3, 0.4) is 0 Å². The second-order valence-electron chi connectivity index (χ2n) is 8.36. The van der Waals surface area contributed by atoms with E-state index in [1.54, 1.807) is 0 Å². The number of aromatic hydroxyl groups is 1.